The third-order valence-electron chi connectivity index (χ3n) is 2.25. The molecule has 1 unspecified atom stereocenters. The Labute approximate surface area is 82.6 Å². The maximum Gasteiger partial charge on any atom is 0.116 e. The van der Waals surface area contributed by atoms with Crippen LogP contribution in [0.1, 0.15) is 18.2 Å². The highest BCUT2D eigenvalue weighted by molar-refractivity contribution is 7.98. The molecule has 1 saturated heterocycles. The van der Waals surface area contributed by atoms with Crippen LogP contribution in [0.25, 0.3) is 0 Å². The molecule has 0 spiro atoms. The van der Waals surface area contributed by atoms with Crippen LogP contribution in [0.4, 0.5) is 0 Å². The Hall–Kier alpha value is -0.410. The molecule has 0 N–H and O–H groups in total. The van der Waals surface area contributed by atoms with Gasteiger partial charge in [-0.25, -0.2) is 0 Å². The highest BCUT2D eigenvalue weighted by atomic mass is 32.2. The van der Waals surface area contributed by atoms with Crippen molar-refractivity contribution >= 4 is 11.8 Å². The van der Waals surface area contributed by atoms with Crippen LogP contribution >= 0.6 is 11.8 Å². The zero-order chi connectivity index (χ0) is 9.31. The Morgan fingerprint density at radius 3 is 2.92 bits per heavy atom. The Balaban J connectivity index is 1.77. The summed E-state index contributed by atoms with van der Waals surface area (Å²) in [5, 5.41) is 0. The molecule has 72 valence electrons. The van der Waals surface area contributed by atoms with Gasteiger partial charge in [-0.3, -0.25) is 0 Å². The van der Waals surface area contributed by atoms with E-state index in [1.54, 1.807) is 6.26 Å². The number of hydrogen-bond donors (Lipinski definition) is 0. The molecule has 1 aliphatic heterocycles. The van der Waals surface area contributed by atoms with E-state index in [2.05, 4.69) is 13.8 Å². The number of hydrogen-bond acceptors (Lipinski definition) is 3. The third kappa shape index (κ3) is 2.29. The molecule has 1 fully saturated rings. The van der Waals surface area contributed by atoms with Crippen LogP contribution in [0.5, 0.6) is 0 Å². The zero-order valence-corrected chi connectivity index (χ0v) is 8.82. The van der Waals surface area contributed by atoms with Crippen molar-refractivity contribution < 1.29 is 9.15 Å². The number of thioether (sulfide) groups is 1. The SMILES string of the molecule is Cc1ccoc1CSCC1(C)CO1. The second-order valence-corrected chi connectivity index (χ2v) is 4.74. The molecule has 2 nitrogen and oxygen atoms in total. The minimum absolute atomic E-state index is 0.158. The zero-order valence-electron chi connectivity index (χ0n) is 8.00. The van der Waals surface area contributed by atoms with Crippen molar-refractivity contribution in [3.63, 3.8) is 0 Å². The van der Waals surface area contributed by atoms with Gasteiger partial charge in [-0.15, -0.1) is 0 Å². The summed E-state index contributed by atoms with van der Waals surface area (Å²) in [5.41, 5.74) is 1.40. The summed E-state index contributed by atoms with van der Waals surface area (Å²) in [6.07, 6.45) is 1.75. The van der Waals surface area contributed by atoms with E-state index in [1.807, 2.05) is 17.8 Å². The standard InChI is InChI=1S/C10H14O2S/c1-8-3-4-11-9(8)5-13-7-10(2)6-12-10/h3-4H,5-7H2,1-2H3. The van der Waals surface area contributed by atoms with Gasteiger partial charge in [-0.2, -0.15) is 11.8 Å². The minimum Gasteiger partial charge on any atom is -0.468 e. The topological polar surface area (TPSA) is 25.7 Å². The van der Waals surface area contributed by atoms with Crippen LogP contribution in [0.3, 0.4) is 0 Å². The van der Waals surface area contributed by atoms with Gasteiger partial charge in [0, 0.05) is 5.75 Å². The molecule has 0 aromatic carbocycles. The monoisotopic (exact) mass is 198 g/mol. The van der Waals surface area contributed by atoms with E-state index in [-0.39, 0.29) is 5.60 Å². The second-order valence-electron chi connectivity index (χ2n) is 3.76. The van der Waals surface area contributed by atoms with Crippen molar-refractivity contribution in [3.05, 3.63) is 23.7 Å². The summed E-state index contributed by atoms with van der Waals surface area (Å²) >= 11 is 1.88. The predicted molar refractivity (Wildman–Crippen MR) is 54.0 cm³/mol. The molecule has 0 radical (unpaired) electrons. The smallest absolute Gasteiger partial charge is 0.116 e. The number of aryl methyl sites for hydroxylation is 1. The first-order valence-corrected chi connectivity index (χ1v) is 5.60. The summed E-state index contributed by atoms with van der Waals surface area (Å²) < 4.78 is 10.6. The van der Waals surface area contributed by atoms with Crippen molar-refractivity contribution in [3.8, 4) is 0 Å². The fourth-order valence-corrected chi connectivity index (χ4v) is 2.30. The quantitative estimate of drug-likeness (QED) is 0.695. The van der Waals surface area contributed by atoms with Gasteiger partial charge >= 0.3 is 0 Å². The highest BCUT2D eigenvalue weighted by Gasteiger charge is 2.38. The van der Waals surface area contributed by atoms with Gasteiger partial charge in [0.1, 0.15) is 5.76 Å². The highest BCUT2D eigenvalue weighted by Crippen LogP contribution is 2.31. The summed E-state index contributed by atoms with van der Waals surface area (Å²) in [6, 6.07) is 2.01. The second kappa shape index (κ2) is 3.39. The molecule has 1 atom stereocenters. The van der Waals surface area contributed by atoms with Crippen LogP contribution in [-0.2, 0) is 10.5 Å². The maximum atomic E-state index is 5.34. The van der Waals surface area contributed by atoms with E-state index in [0.717, 1.165) is 23.9 Å². The van der Waals surface area contributed by atoms with Crippen molar-refractivity contribution in [2.75, 3.05) is 12.4 Å². The van der Waals surface area contributed by atoms with Gasteiger partial charge in [-0.1, -0.05) is 0 Å². The molecular weight excluding hydrogens is 184 g/mol. The number of rotatable bonds is 4. The molecule has 0 bridgehead atoms. The molecule has 0 saturated carbocycles. The van der Waals surface area contributed by atoms with Crippen LogP contribution < -0.4 is 0 Å². The lowest BCUT2D eigenvalue weighted by Gasteiger charge is -2.03. The van der Waals surface area contributed by atoms with E-state index in [1.165, 1.54) is 5.56 Å². The number of epoxide rings is 1. The van der Waals surface area contributed by atoms with Gasteiger partial charge in [0.25, 0.3) is 0 Å². The molecule has 2 heterocycles. The molecule has 3 heteroatoms. The Bertz CT molecular complexity index is 289. The summed E-state index contributed by atoms with van der Waals surface area (Å²) in [6.45, 7) is 5.14. The lowest BCUT2D eigenvalue weighted by molar-refractivity contribution is 0.348. The van der Waals surface area contributed by atoms with Crippen LogP contribution in [-0.4, -0.2) is 18.0 Å². The largest absolute Gasteiger partial charge is 0.468 e. The lowest BCUT2D eigenvalue weighted by atomic mass is 10.3. The third-order valence-corrected chi connectivity index (χ3v) is 3.53. The molecular formula is C10H14O2S. The van der Waals surface area contributed by atoms with E-state index in [0.29, 0.717) is 0 Å². The number of furan rings is 1. The summed E-state index contributed by atoms with van der Waals surface area (Å²) in [4.78, 5) is 0. The van der Waals surface area contributed by atoms with Gasteiger partial charge in [-0.05, 0) is 25.5 Å². The fraction of sp³-hybridized carbons (Fsp3) is 0.600. The lowest BCUT2D eigenvalue weighted by Crippen LogP contribution is -2.07. The first kappa shape index (κ1) is 9.16. The van der Waals surface area contributed by atoms with E-state index in [9.17, 15) is 0 Å². The molecule has 1 aliphatic rings. The van der Waals surface area contributed by atoms with Crippen molar-refractivity contribution in [1.82, 2.24) is 0 Å². The minimum atomic E-state index is 0.158. The molecule has 2 rings (SSSR count). The van der Waals surface area contributed by atoms with Crippen molar-refractivity contribution in [2.24, 2.45) is 0 Å². The molecule has 0 aliphatic carbocycles. The normalized spacial score (nSPS) is 26.3. The summed E-state index contributed by atoms with van der Waals surface area (Å²) in [7, 11) is 0. The van der Waals surface area contributed by atoms with Crippen LogP contribution in [0.15, 0.2) is 16.7 Å². The number of ether oxygens (including phenoxy) is 1. The maximum absolute atomic E-state index is 5.34. The van der Waals surface area contributed by atoms with Gasteiger partial charge in [0.05, 0.1) is 24.2 Å². The van der Waals surface area contributed by atoms with Gasteiger partial charge < -0.3 is 9.15 Å². The first-order chi connectivity index (χ1) is 6.20. The Morgan fingerprint density at radius 1 is 1.62 bits per heavy atom. The van der Waals surface area contributed by atoms with Gasteiger partial charge in [0.2, 0.25) is 0 Å². The first-order valence-electron chi connectivity index (χ1n) is 4.44. The molecule has 0 amide bonds. The molecule has 1 aromatic heterocycles. The average molecular weight is 198 g/mol. The van der Waals surface area contributed by atoms with Gasteiger partial charge in [0.15, 0.2) is 0 Å². The predicted octanol–water partition coefficient (Wildman–Crippen LogP) is 2.61. The van der Waals surface area contributed by atoms with Crippen molar-refractivity contribution in [2.45, 2.75) is 25.2 Å². The van der Waals surface area contributed by atoms with Crippen molar-refractivity contribution in [1.29, 1.82) is 0 Å². The van der Waals surface area contributed by atoms with Crippen LogP contribution in [0.2, 0.25) is 0 Å². The average Bonchev–Trinajstić information content (AvgIpc) is 2.68. The Morgan fingerprint density at radius 2 is 2.38 bits per heavy atom. The summed E-state index contributed by atoms with van der Waals surface area (Å²) in [5.74, 6) is 3.11. The van der Waals surface area contributed by atoms with E-state index >= 15 is 0 Å². The fourth-order valence-electron chi connectivity index (χ4n) is 1.12. The molecule has 1 aromatic rings. The van der Waals surface area contributed by atoms with E-state index < -0.39 is 0 Å². The van der Waals surface area contributed by atoms with E-state index in [4.69, 9.17) is 9.15 Å². The Kier molecular flexibility index (Phi) is 2.39. The molecule has 13 heavy (non-hydrogen) atoms. The van der Waals surface area contributed by atoms with Crippen LogP contribution in [0, 0.1) is 6.92 Å².